The third kappa shape index (κ3) is 1.51. The van der Waals surface area contributed by atoms with Gasteiger partial charge in [0.15, 0.2) is 0 Å². The van der Waals surface area contributed by atoms with Gasteiger partial charge >= 0.3 is 0 Å². The van der Waals surface area contributed by atoms with Crippen LogP contribution in [0.1, 0.15) is 5.56 Å². The summed E-state index contributed by atoms with van der Waals surface area (Å²) in [5, 5.41) is 16.9. The largest absolute Gasteiger partial charge is 0.508 e. The van der Waals surface area contributed by atoms with E-state index in [0.29, 0.717) is 0 Å². The molecule has 0 bridgehead atoms. The molecule has 0 aromatic heterocycles. The monoisotopic (exact) mass is 169 g/mol. The summed E-state index contributed by atoms with van der Waals surface area (Å²) in [4.78, 5) is 0. The number of phenols is 1. The summed E-state index contributed by atoms with van der Waals surface area (Å²) in [7, 11) is 0. The van der Waals surface area contributed by atoms with Crippen molar-refractivity contribution in [3.63, 3.8) is 0 Å². The zero-order valence-electron chi connectivity index (χ0n) is 6.01. The SMILES string of the molecule is N#CCc1c(F)cc(O)cc1F. The molecular weight excluding hydrogens is 164 g/mol. The number of aromatic hydroxyl groups is 1. The fraction of sp³-hybridized carbons (Fsp3) is 0.125. The molecule has 0 heterocycles. The smallest absolute Gasteiger partial charge is 0.134 e. The van der Waals surface area contributed by atoms with E-state index < -0.39 is 17.4 Å². The van der Waals surface area contributed by atoms with Crippen molar-refractivity contribution in [3.05, 3.63) is 29.3 Å². The van der Waals surface area contributed by atoms with E-state index in [2.05, 4.69) is 0 Å². The van der Waals surface area contributed by atoms with E-state index in [-0.39, 0.29) is 12.0 Å². The molecular formula is C8H5F2NO. The molecule has 4 heteroatoms. The van der Waals surface area contributed by atoms with Gasteiger partial charge in [-0.3, -0.25) is 0 Å². The fourth-order valence-corrected chi connectivity index (χ4v) is 0.838. The van der Waals surface area contributed by atoms with E-state index in [1.807, 2.05) is 0 Å². The molecule has 12 heavy (non-hydrogen) atoms. The maximum absolute atomic E-state index is 12.7. The Kier molecular flexibility index (Phi) is 2.24. The Labute approximate surface area is 67.7 Å². The van der Waals surface area contributed by atoms with Crippen LogP contribution < -0.4 is 0 Å². The summed E-state index contributed by atoms with van der Waals surface area (Å²) in [5.41, 5.74) is -0.310. The lowest BCUT2D eigenvalue weighted by Gasteiger charge is -2.00. The van der Waals surface area contributed by atoms with Gasteiger partial charge in [-0.1, -0.05) is 0 Å². The predicted octanol–water partition coefficient (Wildman–Crippen LogP) is 1.74. The average molecular weight is 169 g/mol. The summed E-state index contributed by atoms with van der Waals surface area (Å²) >= 11 is 0. The highest BCUT2D eigenvalue weighted by molar-refractivity contribution is 5.30. The van der Waals surface area contributed by atoms with Gasteiger partial charge in [0.2, 0.25) is 0 Å². The number of nitriles is 1. The zero-order valence-corrected chi connectivity index (χ0v) is 6.01. The Morgan fingerprint density at radius 1 is 1.33 bits per heavy atom. The topological polar surface area (TPSA) is 44.0 Å². The minimum Gasteiger partial charge on any atom is -0.508 e. The first-order chi connectivity index (χ1) is 5.65. The molecule has 0 fully saturated rings. The Hall–Kier alpha value is -1.63. The number of nitrogens with zero attached hydrogens (tertiary/aromatic N) is 1. The van der Waals surface area contributed by atoms with Crippen molar-refractivity contribution in [2.24, 2.45) is 0 Å². The molecule has 62 valence electrons. The molecule has 1 aromatic carbocycles. The number of hydrogen-bond acceptors (Lipinski definition) is 2. The van der Waals surface area contributed by atoms with E-state index in [1.54, 1.807) is 6.07 Å². The maximum Gasteiger partial charge on any atom is 0.134 e. The Bertz CT molecular complexity index is 320. The van der Waals surface area contributed by atoms with E-state index >= 15 is 0 Å². The highest BCUT2D eigenvalue weighted by Crippen LogP contribution is 2.19. The van der Waals surface area contributed by atoms with Gasteiger partial charge in [-0.15, -0.1) is 0 Å². The number of halogens is 2. The van der Waals surface area contributed by atoms with Gasteiger partial charge in [0.1, 0.15) is 17.4 Å². The van der Waals surface area contributed by atoms with Gasteiger partial charge in [0.05, 0.1) is 12.5 Å². The van der Waals surface area contributed by atoms with Crippen LogP contribution in [0, 0.1) is 23.0 Å². The Morgan fingerprint density at radius 2 is 1.83 bits per heavy atom. The molecule has 0 aliphatic heterocycles. The molecule has 0 aliphatic carbocycles. The van der Waals surface area contributed by atoms with Crippen LogP contribution in [-0.4, -0.2) is 5.11 Å². The van der Waals surface area contributed by atoms with Crippen LogP contribution in [-0.2, 0) is 6.42 Å². The second kappa shape index (κ2) is 3.18. The first kappa shape index (κ1) is 8.47. The van der Waals surface area contributed by atoms with E-state index in [4.69, 9.17) is 10.4 Å². The van der Waals surface area contributed by atoms with Crippen molar-refractivity contribution in [2.75, 3.05) is 0 Å². The van der Waals surface area contributed by atoms with Crippen LogP contribution in [0.15, 0.2) is 12.1 Å². The van der Waals surface area contributed by atoms with Gasteiger partial charge in [-0.2, -0.15) is 5.26 Å². The van der Waals surface area contributed by atoms with Gasteiger partial charge < -0.3 is 5.11 Å². The highest BCUT2D eigenvalue weighted by Gasteiger charge is 2.09. The maximum atomic E-state index is 12.7. The molecule has 0 saturated carbocycles. The van der Waals surface area contributed by atoms with Crippen molar-refractivity contribution < 1.29 is 13.9 Å². The first-order valence-corrected chi connectivity index (χ1v) is 3.19. The molecule has 0 spiro atoms. The van der Waals surface area contributed by atoms with Gasteiger partial charge in [-0.05, 0) is 0 Å². The summed E-state index contributed by atoms with van der Waals surface area (Å²) < 4.78 is 25.5. The number of hydrogen-bond donors (Lipinski definition) is 1. The Balaban J connectivity index is 3.21. The number of phenolic OH excluding ortho intramolecular Hbond substituents is 1. The molecule has 0 amide bonds. The van der Waals surface area contributed by atoms with Gasteiger partial charge in [-0.25, -0.2) is 8.78 Å². The molecule has 0 unspecified atom stereocenters. The minimum atomic E-state index is -0.894. The van der Waals surface area contributed by atoms with Gasteiger partial charge in [0, 0.05) is 17.7 Å². The van der Waals surface area contributed by atoms with Crippen molar-refractivity contribution in [1.82, 2.24) is 0 Å². The predicted molar refractivity (Wildman–Crippen MR) is 37.3 cm³/mol. The first-order valence-electron chi connectivity index (χ1n) is 3.19. The summed E-state index contributed by atoms with van der Waals surface area (Å²) in [6.07, 6.45) is -0.335. The zero-order chi connectivity index (χ0) is 9.14. The third-order valence-corrected chi connectivity index (χ3v) is 1.38. The fourth-order valence-electron chi connectivity index (χ4n) is 0.838. The summed E-state index contributed by atoms with van der Waals surface area (Å²) in [6, 6.07) is 3.17. The van der Waals surface area contributed by atoms with E-state index in [9.17, 15) is 8.78 Å². The van der Waals surface area contributed by atoms with Crippen LogP contribution in [0.4, 0.5) is 8.78 Å². The lowest BCUT2D eigenvalue weighted by atomic mass is 10.1. The lowest BCUT2D eigenvalue weighted by molar-refractivity contribution is 0.457. The van der Waals surface area contributed by atoms with Gasteiger partial charge in [0.25, 0.3) is 0 Å². The minimum absolute atomic E-state index is 0.310. The molecule has 0 radical (unpaired) electrons. The van der Waals surface area contributed by atoms with Crippen molar-refractivity contribution in [2.45, 2.75) is 6.42 Å². The Morgan fingerprint density at radius 3 is 2.25 bits per heavy atom. The quantitative estimate of drug-likeness (QED) is 0.695. The molecule has 1 aromatic rings. The summed E-state index contributed by atoms with van der Waals surface area (Å²) in [5.74, 6) is -2.27. The van der Waals surface area contributed by atoms with Crippen molar-refractivity contribution in [3.8, 4) is 11.8 Å². The second-order valence-corrected chi connectivity index (χ2v) is 2.22. The molecule has 0 atom stereocenters. The summed E-state index contributed by atoms with van der Waals surface area (Å²) in [6.45, 7) is 0. The normalized spacial score (nSPS) is 9.42. The average Bonchev–Trinajstić information content (AvgIpc) is 1.96. The van der Waals surface area contributed by atoms with Crippen LogP contribution in [0.2, 0.25) is 0 Å². The van der Waals surface area contributed by atoms with E-state index in [0.717, 1.165) is 12.1 Å². The molecule has 0 saturated heterocycles. The lowest BCUT2D eigenvalue weighted by Crippen LogP contribution is -1.93. The number of benzene rings is 1. The van der Waals surface area contributed by atoms with E-state index in [1.165, 1.54) is 0 Å². The van der Waals surface area contributed by atoms with Crippen LogP contribution in [0.5, 0.6) is 5.75 Å². The van der Waals surface area contributed by atoms with Crippen molar-refractivity contribution in [1.29, 1.82) is 5.26 Å². The van der Waals surface area contributed by atoms with Crippen LogP contribution in [0.25, 0.3) is 0 Å². The molecule has 0 aliphatic rings. The second-order valence-electron chi connectivity index (χ2n) is 2.22. The van der Waals surface area contributed by atoms with Crippen LogP contribution >= 0.6 is 0 Å². The highest BCUT2D eigenvalue weighted by atomic mass is 19.1. The van der Waals surface area contributed by atoms with Crippen molar-refractivity contribution >= 4 is 0 Å². The van der Waals surface area contributed by atoms with Crippen LogP contribution in [0.3, 0.4) is 0 Å². The third-order valence-electron chi connectivity index (χ3n) is 1.38. The molecule has 2 nitrogen and oxygen atoms in total. The molecule has 1 rings (SSSR count). The molecule has 1 N–H and O–H groups in total. The number of rotatable bonds is 1. The standard InChI is InChI=1S/C8H5F2NO/c9-7-3-5(12)4-8(10)6(7)1-2-11/h3-4,12H,1H2.